The smallest absolute Gasteiger partial charge is 0.119 e. The summed E-state index contributed by atoms with van der Waals surface area (Å²) >= 11 is 0. The van der Waals surface area contributed by atoms with Crippen LogP contribution in [-0.2, 0) is 6.42 Å². The number of benzene rings is 1. The fourth-order valence-electron chi connectivity index (χ4n) is 1.73. The number of aryl methyl sites for hydroxylation is 1. The van der Waals surface area contributed by atoms with Gasteiger partial charge in [0.05, 0.1) is 0 Å². The van der Waals surface area contributed by atoms with Gasteiger partial charge in [0, 0.05) is 6.07 Å². The molecule has 15 heavy (non-hydrogen) atoms. The third kappa shape index (κ3) is 4.73. The zero-order valence-corrected chi connectivity index (χ0v) is 9.37. The number of unbranched alkanes of at least 4 members (excludes halogenated alkanes) is 4. The normalized spacial score (nSPS) is 10.5. The Hall–Kier alpha value is -1.18. The van der Waals surface area contributed by atoms with Crippen molar-refractivity contribution in [2.75, 3.05) is 0 Å². The van der Waals surface area contributed by atoms with Crippen LogP contribution in [0.25, 0.3) is 0 Å². The van der Waals surface area contributed by atoms with Gasteiger partial charge >= 0.3 is 0 Å². The Morgan fingerprint density at radius 1 is 0.867 bits per heavy atom. The molecule has 0 amide bonds. The quantitative estimate of drug-likeness (QED) is 0.701. The first-order valence-electron chi connectivity index (χ1n) is 5.74. The van der Waals surface area contributed by atoms with E-state index in [2.05, 4.69) is 6.92 Å². The van der Waals surface area contributed by atoms with Crippen LogP contribution in [0.1, 0.15) is 44.6 Å². The summed E-state index contributed by atoms with van der Waals surface area (Å²) in [4.78, 5) is 0. The van der Waals surface area contributed by atoms with Crippen LogP contribution in [-0.4, -0.2) is 10.2 Å². The highest BCUT2D eigenvalue weighted by molar-refractivity contribution is 5.36. The van der Waals surface area contributed by atoms with E-state index in [4.69, 9.17) is 0 Å². The molecule has 2 N–H and O–H groups in total. The fraction of sp³-hybridized carbons (Fsp3) is 0.538. The molecular weight excluding hydrogens is 188 g/mol. The molecule has 0 saturated heterocycles. The molecule has 0 spiro atoms. The molecule has 1 aromatic carbocycles. The highest BCUT2D eigenvalue weighted by Gasteiger charge is 1.99. The number of hydrogen-bond donors (Lipinski definition) is 2. The molecule has 0 aromatic heterocycles. The summed E-state index contributed by atoms with van der Waals surface area (Å²) in [5.74, 6) is 0.303. The van der Waals surface area contributed by atoms with E-state index < -0.39 is 0 Å². The first kappa shape index (κ1) is 11.9. The predicted octanol–water partition coefficient (Wildman–Crippen LogP) is 3.61. The minimum Gasteiger partial charge on any atom is -0.508 e. The summed E-state index contributed by atoms with van der Waals surface area (Å²) in [5, 5.41) is 18.5. The molecule has 2 heteroatoms. The van der Waals surface area contributed by atoms with E-state index >= 15 is 0 Å². The maximum atomic E-state index is 9.27. The van der Waals surface area contributed by atoms with Gasteiger partial charge in [-0.25, -0.2) is 0 Å². The molecule has 2 nitrogen and oxygen atoms in total. The van der Waals surface area contributed by atoms with Crippen molar-refractivity contribution in [2.45, 2.75) is 45.4 Å². The number of phenolic OH excluding ortho intramolecular Hbond substituents is 2. The molecule has 0 aliphatic carbocycles. The molecular formula is C13H20O2. The Bertz CT molecular complexity index is 274. The SMILES string of the molecule is CCCCCCCc1cc(O)cc(O)c1. The first-order chi connectivity index (χ1) is 7.22. The second-order valence-electron chi connectivity index (χ2n) is 4.02. The van der Waals surface area contributed by atoms with Gasteiger partial charge in [0.1, 0.15) is 11.5 Å². The van der Waals surface area contributed by atoms with E-state index in [0.717, 1.165) is 18.4 Å². The summed E-state index contributed by atoms with van der Waals surface area (Å²) in [5.41, 5.74) is 1.02. The van der Waals surface area contributed by atoms with E-state index in [1.165, 1.54) is 31.7 Å². The van der Waals surface area contributed by atoms with Crippen LogP contribution in [0.4, 0.5) is 0 Å². The van der Waals surface area contributed by atoms with Crippen molar-refractivity contribution in [1.29, 1.82) is 0 Å². The average molecular weight is 208 g/mol. The Kier molecular flexibility index (Phi) is 5.02. The van der Waals surface area contributed by atoms with E-state index in [1.54, 1.807) is 12.1 Å². The topological polar surface area (TPSA) is 40.5 Å². The summed E-state index contributed by atoms with van der Waals surface area (Å²) < 4.78 is 0. The maximum Gasteiger partial charge on any atom is 0.119 e. The summed E-state index contributed by atoms with van der Waals surface area (Å²) in [7, 11) is 0. The van der Waals surface area contributed by atoms with E-state index in [0.29, 0.717) is 0 Å². The highest BCUT2D eigenvalue weighted by atomic mass is 16.3. The molecule has 0 aliphatic heterocycles. The van der Waals surface area contributed by atoms with Crippen LogP contribution in [0.3, 0.4) is 0 Å². The van der Waals surface area contributed by atoms with E-state index in [1.807, 2.05) is 0 Å². The molecule has 0 unspecified atom stereocenters. The number of aromatic hydroxyl groups is 2. The van der Waals surface area contributed by atoms with Crippen molar-refractivity contribution in [3.05, 3.63) is 23.8 Å². The van der Waals surface area contributed by atoms with Crippen molar-refractivity contribution in [3.8, 4) is 11.5 Å². The third-order valence-electron chi connectivity index (χ3n) is 2.53. The highest BCUT2D eigenvalue weighted by Crippen LogP contribution is 2.21. The van der Waals surface area contributed by atoms with Crippen molar-refractivity contribution in [1.82, 2.24) is 0 Å². The lowest BCUT2D eigenvalue weighted by Gasteiger charge is -2.03. The summed E-state index contributed by atoms with van der Waals surface area (Å²) in [6.07, 6.45) is 7.12. The van der Waals surface area contributed by atoms with Gasteiger partial charge in [-0.15, -0.1) is 0 Å². The second kappa shape index (κ2) is 6.33. The van der Waals surface area contributed by atoms with Crippen LogP contribution in [0.5, 0.6) is 11.5 Å². The van der Waals surface area contributed by atoms with E-state index in [9.17, 15) is 10.2 Å². The van der Waals surface area contributed by atoms with Gasteiger partial charge in [-0.05, 0) is 30.5 Å². The van der Waals surface area contributed by atoms with Crippen LogP contribution in [0, 0.1) is 0 Å². The molecule has 1 aromatic rings. The molecule has 0 radical (unpaired) electrons. The summed E-state index contributed by atoms with van der Waals surface area (Å²) in [6, 6.07) is 4.81. The van der Waals surface area contributed by atoms with Gasteiger partial charge in [0.15, 0.2) is 0 Å². The van der Waals surface area contributed by atoms with Gasteiger partial charge in [0.2, 0.25) is 0 Å². The Morgan fingerprint density at radius 2 is 1.47 bits per heavy atom. The zero-order valence-electron chi connectivity index (χ0n) is 9.37. The molecule has 84 valence electrons. The third-order valence-corrected chi connectivity index (χ3v) is 2.53. The van der Waals surface area contributed by atoms with Crippen LogP contribution in [0.15, 0.2) is 18.2 Å². The summed E-state index contributed by atoms with van der Waals surface area (Å²) in [6.45, 7) is 2.20. The molecule has 0 atom stereocenters. The standard InChI is InChI=1S/C13H20O2/c1-2-3-4-5-6-7-11-8-12(14)10-13(15)9-11/h8-10,14-15H,2-7H2,1H3. The largest absolute Gasteiger partial charge is 0.508 e. The number of hydrogen-bond acceptors (Lipinski definition) is 2. The van der Waals surface area contributed by atoms with Crippen molar-refractivity contribution in [3.63, 3.8) is 0 Å². The fourth-order valence-corrected chi connectivity index (χ4v) is 1.73. The Labute approximate surface area is 91.6 Å². The lowest BCUT2D eigenvalue weighted by Crippen LogP contribution is -1.86. The maximum absolute atomic E-state index is 9.27. The lowest BCUT2D eigenvalue weighted by molar-refractivity contribution is 0.449. The minimum absolute atomic E-state index is 0.151. The molecule has 0 bridgehead atoms. The average Bonchev–Trinajstić information content (AvgIpc) is 2.16. The Balaban J connectivity index is 2.31. The van der Waals surface area contributed by atoms with Gasteiger partial charge in [-0.1, -0.05) is 32.6 Å². The monoisotopic (exact) mass is 208 g/mol. The molecule has 0 heterocycles. The van der Waals surface area contributed by atoms with Gasteiger partial charge in [0.25, 0.3) is 0 Å². The van der Waals surface area contributed by atoms with Crippen LogP contribution < -0.4 is 0 Å². The van der Waals surface area contributed by atoms with E-state index in [-0.39, 0.29) is 11.5 Å². The van der Waals surface area contributed by atoms with Gasteiger partial charge in [-0.2, -0.15) is 0 Å². The molecule has 1 rings (SSSR count). The lowest BCUT2D eigenvalue weighted by atomic mass is 10.1. The van der Waals surface area contributed by atoms with Crippen molar-refractivity contribution < 1.29 is 10.2 Å². The van der Waals surface area contributed by atoms with Crippen molar-refractivity contribution in [2.24, 2.45) is 0 Å². The van der Waals surface area contributed by atoms with Gasteiger partial charge < -0.3 is 10.2 Å². The first-order valence-corrected chi connectivity index (χ1v) is 5.74. The zero-order chi connectivity index (χ0) is 11.1. The van der Waals surface area contributed by atoms with Gasteiger partial charge in [-0.3, -0.25) is 0 Å². The molecule has 0 fully saturated rings. The molecule has 0 saturated carbocycles. The van der Waals surface area contributed by atoms with Crippen LogP contribution >= 0.6 is 0 Å². The van der Waals surface area contributed by atoms with Crippen LogP contribution in [0.2, 0.25) is 0 Å². The molecule has 0 aliphatic rings. The Morgan fingerprint density at radius 3 is 2.07 bits per heavy atom. The minimum atomic E-state index is 0.151. The van der Waals surface area contributed by atoms with Crippen molar-refractivity contribution >= 4 is 0 Å². The number of rotatable bonds is 6. The second-order valence-corrected chi connectivity index (χ2v) is 4.02. The predicted molar refractivity (Wildman–Crippen MR) is 62.2 cm³/mol. The number of phenols is 2.